The number of hydrogen-bond donors (Lipinski definition) is 0. The monoisotopic (exact) mass is 541 g/mol. The Balaban J connectivity index is 1.79. The summed E-state index contributed by atoms with van der Waals surface area (Å²) in [6.45, 7) is 0. The van der Waals surface area contributed by atoms with Crippen LogP contribution in [0.2, 0.25) is 0 Å². The van der Waals surface area contributed by atoms with Crippen molar-refractivity contribution in [1.82, 2.24) is 0 Å². The second-order valence-corrected chi connectivity index (χ2v) is 8.96. The molecule has 0 N–H and O–H groups in total. The minimum atomic E-state index is 0.314. The third-order valence-corrected chi connectivity index (χ3v) is 5.92. The molecule has 0 aliphatic heterocycles. The van der Waals surface area contributed by atoms with Gasteiger partial charge in [0, 0.05) is 0 Å². The minimum Gasteiger partial charge on any atom is -0.255 e. The Hall–Kier alpha value is -5.99. The Morgan fingerprint density at radius 2 is 0.786 bits per heavy atom. The third kappa shape index (κ3) is 7.78. The molecule has 0 amide bonds. The zero-order chi connectivity index (χ0) is 28.8. The van der Waals surface area contributed by atoms with Gasteiger partial charge in [-0.25, -0.2) is 20.0 Å². The van der Waals surface area contributed by atoms with E-state index in [1.54, 1.807) is 6.21 Å². The van der Waals surface area contributed by atoms with Gasteiger partial charge in [-0.05, 0) is 66.6 Å². The quantitative estimate of drug-likeness (QED) is 0.132. The predicted octanol–water partition coefficient (Wildman–Crippen LogP) is 9.11. The summed E-state index contributed by atoms with van der Waals surface area (Å²) in [5.74, 6) is 2.77. The van der Waals surface area contributed by atoms with Crippen LogP contribution in [0.1, 0.15) is 0 Å². The van der Waals surface area contributed by atoms with E-state index in [0.29, 0.717) is 39.9 Å². The van der Waals surface area contributed by atoms with Crippen LogP contribution in [0.4, 0.5) is 28.4 Å². The first-order valence-corrected chi connectivity index (χ1v) is 13.4. The van der Waals surface area contributed by atoms with Gasteiger partial charge in [0.15, 0.2) is 0 Å². The zero-order valence-corrected chi connectivity index (χ0v) is 22.8. The average molecular weight is 542 g/mol. The van der Waals surface area contributed by atoms with E-state index < -0.39 is 0 Å². The largest absolute Gasteiger partial charge is 0.255 e. The first-order valence-electron chi connectivity index (χ1n) is 13.4. The topological polar surface area (TPSA) is 61.8 Å². The highest BCUT2D eigenvalue weighted by Crippen LogP contribution is 2.20. The van der Waals surface area contributed by atoms with Gasteiger partial charge in [0.2, 0.25) is 0 Å². The number of rotatable bonds is 9. The van der Waals surface area contributed by atoms with Crippen LogP contribution in [0, 0.1) is 12.3 Å². The van der Waals surface area contributed by atoms with Crippen LogP contribution in [-0.4, -0.2) is 29.1 Å². The molecular formula is C37H27N5. The molecule has 0 unspecified atom stereocenters. The van der Waals surface area contributed by atoms with Crippen molar-refractivity contribution in [2.75, 3.05) is 0 Å². The second kappa shape index (κ2) is 14.4. The molecule has 0 aliphatic carbocycles. The summed E-state index contributed by atoms with van der Waals surface area (Å²) in [6.07, 6.45) is 7.83. The molecule has 0 radical (unpaired) electrons. The Bertz CT molecular complexity index is 1780. The van der Waals surface area contributed by atoms with E-state index in [0.717, 1.165) is 11.4 Å². The van der Waals surface area contributed by atoms with E-state index in [-0.39, 0.29) is 0 Å². The number of hydrogen-bond acceptors (Lipinski definition) is 5. The molecule has 0 aromatic heterocycles. The van der Waals surface area contributed by atoms with Gasteiger partial charge in [-0.1, -0.05) is 91.0 Å². The minimum absolute atomic E-state index is 0.314. The van der Waals surface area contributed by atoms with Crippen molar-refractivity contribution < 1.29 is 0 Å². The zero-order valence-electron chi connectivity index (χ0n) is 22.8. The van der Waals surface area contributed by atoms with Crippen LogP contribution in [0.3, 0.4) is 0 Å². The standard InChI is InChI=1S/C37H27N5/c1-2-34(39-30-20-10-4-11-21-30)36(41-32-24-14-6-15-25-32)37(42-33-26-16-7-17-27-33)35(40-31-22-12-5-13-23-31)28-38-29-18-8-3-9-19-29/h1,3-28H. The van der Waals surface area contributed by atoms with E-state index in [4.69, 9.17) is 31.4 Å². The Kier molecular flexibility index (Phi) is 9.46. The van der Waals surface area contributed by atoms with E-state index in [9.17, 15) is 0 Å². The van der Waals surface area contributed by atoms with E-state index in [1.165, 1.54) is 0 Å². The maximum absolute atomic E-state index is 6.13. The molecule has 5 heteroatoms. The summed E-state index contributed by atoms with van der Waals surface area (Å²) in [7, 11) is 0. The molecule has 0 saturated carbocycles. The van der Waals surface area contributed by atoms with Crippen molar-refractivity contribution in [1.29, 1.82) is 0 Å². The average Bonchev–Trinajstić information content (AvgIpc) is 3.06. The Labute approximate surface area is 246 Å². The maximum Gasteiger partial charge on any atom is 0.141 e. The molecule has 0 atom stereocenters. The summed E-state index contributed by atoms with van der Waals surface area (Å²) < 4.78 is 0. The summed E-state index contributed by atoms with van der Waals surface area (Å²) in [6, 6.07) is 48.1. The molecule has 0 bridgehead atoms. The van der Waals surface area contributed by atoms with Crippen LogP contribution in [0.25, 0.3) is 0 Å². The first kappa shape index (κ1) is 27.6. The van der Waals surface area contributed by atoms with Crippen LogP contribution in [0.5, 0.6) is 0 Å². The number of benzene rings is 5. The molecule has 5 rings (SSSR count). The highest BCUT2D eigenvalue weighted by Gasteiger charge is 2.21. The van der Waals surface area contributed by atoms with Crippen molar-refractivity contribution in [3.05, 3.63) is 152 Å². The van der Waals surface area contributed by atoms with Gasteiger partial charge in [-0.3, -0.25) is 4.99 Å². The van der Waals surface area contributed by atoms with Gasteiger partial charge in [-0.15, -0.1) is 6.42 Å². The van der Waals surface area contributed by atoms with Crippen LogP contribution in [0.15, 0.2) is 177 Å². The summed E-state index contributed by atoms with van der Waals surface area (Å²) >= 11 is 0. The maximum atomic E-state index is 6.13. The lowest BCUT2D eigenvalue weighted by molar-refractivity contribution is 1.49. The Morgan fingerprint density at radius 3 is 1.21 bits per heavy atom. The van der Waals surface area contributed by atoms with Gasteiger partial charge < -0.3 is 0 Å². The SMILES string of the molecule is C#CC(=Nc1ccccc1)C(=Nc1ccccc1)C(=Nc1ccccc1)C(C=Nc1ccccc1)=Nc1ccccc1. The van der Waals surface area contributed by atoms with Crippen LogP contribution >= 0.6 is 0 Å². The lowest BCUT2D eigenvalue weighted by atomic mass is 10.0. The van der Waals surface area contributed by atoms with Gasteiger partial charge in [0.25, 0.3) is 0 Å². The van der Waals surface area contributed by atoms with Gasteiger partial charge in [-0.2, -0.15) is 0 Å². The van der Waals surface area contributed by atoms with Crippen LogP contribution in [-0.2, 0) is 0 Å². The summed E-state index contributed by atoms with van der Waals surface area (Å²) in [5, 5.41) is 0. The van der Waals surface area contributed by atoms with Crippen molar-refractivity contribution in [2.24, 2.45) is 25.0 Å². The molecule has 0 heterocycles. The summed E-state index contributed by atoms with van der Waals surface area (Å²) in [4.78, 5) is 24.6. The first-order chi connectivity index (χ1) is 20.8. The highest BCUT2D eigenvalue weighted by molar-refractivity contribution is 6.90. The predicted molar refractivity (Wildman–Crippen MR) is 178 cm³/mol. The number of para-hydroxylation sites is 5. The van der Waals surface area contributed by atoms with E-state index in [1.807, 2.05) is 152 Å². The molecule has 5 nitrogen and oxygen atoms in total. The fourth-order valence-electron chi connectivity index (χ4n) is 3.93. The van der Waals surface area contributed by atoms with Gasteiger partial charge in [0.1, 0.15) is 22.8 Å². The molecule has 200 valence electrons. The number of nitrogens with zero attached hydrogens (tertiary/aromatic N) is 5. The molecule has 5 aromatic carbocycles. The second-order valence-electron chi connectivity index (χ2n) is 8.96. The molecule has 5 aromatic rings. The molecular weight excluding hydrogens is 514 g/mol. The lowest BCUT2D eigenvalue weighted by Gasteiger charge is -2.12. The Morgan fingerprint density at radius 1 is 0.429 bits per heavy atom. The fraction of sp³-hybridized carbons (Fsp3) is 0. The lowest BCUT2D eigenvalue weighted by Crippen LogP contribution is -2.31. The molecule has 0 saturated heterocycles. The molecule has 0 spiro atoms. The fourth-order valence-corrected chi connectivity index (χ4v) is 3.93. The van der Waals surface area contributed by atoms with Crippen LogP contribution < -0.4 is 0 Å². The van der Waals surface area contributed by atoms with Crippen molar-refractivity contribution >= 4 is 57.5 Å². The molecule has 0 fully saturated rings. The third-order valence-electron chi connectivity index (χ3n) is 5.92. The van der Waals surface area contributed by atoms with Crippen molar-refractivity contribution in [2.45, 2.75) is 0 Å². The normalized spacial score (nSPS) is 12.7. The molecule has 42 heavy (non-hydrogen) atoms. The number of aliphatic imine (C=N–C) groups is 5. The smallest absolute Gasteiger partial charge is 0.141 e. The van der Waals surface area contributed by atoms with Crippen molar-refractivity contribution in [3.63, 3.8) is 0 Å². The van der Waals surface area contributed by atoms with Gasteiger partial charge in [0.05, 0.1) is 34.7 Å². The number of terminal acetylenes is 1. The van der Waals surface area contributed by atoms with E-state index >= 15 is 0 Å². The van der Waals surface area contributed by atoms with Gasteiger partial charge >= 0.3 is 0 Å². The summed E-state index contributed by atoms with van der Waals surface area (Å²) in [5.41, 5.74) is 5.22. The van der Waals surface area contributed by atoms with Crippen molar-refractivity contribution in [3.8, 4) is 12.3 Å². The molecule has 0 aliphatic rings. The highest BCUT2D eigenvalue weighted by atomic mass is 14.9. The van der Waals surface area contributed by atoms with E-state index in [2.05, 4.69) is 5.92 Å².